The fourth-order valence-corrected chi connectivity index (χ4v) is 4.45. The van der Waals surface area contributed by atoms with E-state index in [4.69, 9.17) is 4.74 Å². The summed E-state index contributed by atoms with van der Waals surface area (Å²) in [6.45, 7) is 2.56. The molecule has 0 aliphatic heterocycles. The van der Waals surface area contributed by atoms with Crippen LogP contribution in [0.4, 0.5) is 4.79 Å². The smallest absolute Gasteiger partial charge is 0.407 e. The van der Waals surface area contributed by atoms with Crippen molar-refractivity contribution in [2.24, 2.45) is 5.92 Å². The highest BCUT2D eigenvalue weighted by Crippen LogP contribution is 2.42. The fourth-order valence-electron chi connectivity index (χ4n) is 4.45. The minimum atomic E-state index is -0.400. The van der Waals surface area contributed by atoms with E-state index in [2.05, 4.69) is 41.8 Å². The predicted octanol–water partition coefficient (Wildman–Crippen LogP) is 3.20. The molecule has 1 saturated carbocycles. The maximum absolute atomic E-state index is 12.3. The van der Waals surface area contributed by atoms with Crippen molar-refractivity contribution >= 4 is 22.9 Å². The average molecular weight is 405 g/mol. The monoisotopic (exact) mass is 405 g/mol. The predicted molar refractivity (Wildman–Crippen MR) is 110 cm³/mol. The average Bonchev–Trinajstić information content (AvgIpc) is 3.49. The van der Waals surface area contributed by atoms with Gasteiger partial charge in [-0.05, 0) is 36.5 Å². The Morgan fingerprint density at radius 2 is 2.23 bits per heavy atom. The Morgan fingerprint density at radius 3 is 3.07 bits per heavy atom. The summed E-state index contributed by atoms with van der Waals surface area (Å²) < 4.78 is 7.80. The van der Waals surface area contributed by atoms with E-state index in [9.17, 15) is 4.79 Å². The number of aromatic nitrogens is 6. The SMILES string of the molecule is CC[C@@H]1CC(OC(=O)NCc2cccnc2)C[C@@H]1c1nnc2cnc3[nH]ccc3n12. The Morgan fingerprint density at radius 1 is 1.30 bits per heavy atom. The molecule has 4 aromatic rings. The summed E-state index contributed by atoms with van der Waals surface area (Å²) in [5, 5.41) is 11.6. The van der Waals surface area contributed by atoms with E-state index in [1.807, 2.05) is 24.4 Å². The second kappa shape index (κ2) is 7.74. The van der Waals surface area contributed by atoms with Gasteiger partial charge in [0, 0.05) is 31.1 Å². The van der Waals surface area contributed by atoms with Crippen LogP contribution in [0.25, 0.3) is 16.8 Å². The van der Waals surface area contributed by atoms with Crippen molar-refractivity contribution < 1.29 is 9.53 Å². The number of carbonyl (C=O) groups excluding carboxylic acids is 1. The van der Waals surface area contributed by atoms with Gasteiger partial charge in [0.05, 0.1) is 11.7 Å². The van der Waals surface area contributed by atoms with Crippen LogP contribution in [0.1, 0.15) is 43.5 Å². The molecule has 0 spiro atoms. The Kier molecular flexibility index (Phi) is 4.78. The second-order valence-electron chi connectivity index (χ2n) is 7.71. The van der Waals surface area contributed by atoms with Crippen molar-refractivity contribution in [1.82, 2.24) is 34.9 Å². The highest BCUT2D eigenvalue weighted by Gasteiger charge is 2.39. The molecule has 0 radical (unpaired) electrons. The van der Waals surface area contributed by atoms with Crippen molar-refractivity contribution in [3.63, 3.8) is 0 Å². The third-order valence-corrected chi connectivity index (χ3v) is 5.91. The third-order valence-electron chi connectivity index (χ3n) is 5.91. The van der Waals surface area contributed by atoms with Crippen molar-refractivity contribution in [2.45, 2.75) is 44.8 Å². The molecule has 9 heteroatoms. The van der Waals surface area contributed by atoms with Crippen LogP contribution in [0, 0.1) is 5.92 Å². The number of nitrogens with one attached hydrogen (secondary N) is 2. The number of nitrogens with zero attached hydrogens (tertiary/aromatic N) is 5. The van der Waals surface area contributed by atoms with Gasteiger partial charge in [-0.2, -0.15) is 0 Å². The van der Waals surface area contributed by atoms with Crippen LogP contribution in [0.5, 0.6) is 0 Å². The van der Waals surface area contributed by atoms with Crippen LogP contribution < -0.4 is 5.32 Å². The first-order valence-corrected chi connectivity index (χ1v) is 10.2. The van der Waals surface area contributed by atoms with Gasteiger partial charge in [-0.25, -0.2) is 9.78 Å². The van der Waals surface area contributed by atoms with Gasteiger partial charge < -0.3 is 15.0 Å². The molecule has 154 valence electrons. The number of rotatable bonds is 5. The molecule has 5 rings (SSSR count). The lowest BCUT2D eigenvalue weighted by atomic mass is 9.93. The summed E-state index contributed by atoms with van der Waals surface area (Å²) in [7, 11) is 0. The number of fused-ring (bicyclic) bond motifs is 3. The van der Waals surface area contributed by atoms with E-state index in [1.54, 1.807) is 18.6 Å². The zero-order chi connectivity index (χ0) is 20.5. The highest BCUT2D eigenvalue weighted by molar-refractivity contribution is 5.74. The first kappa shape index (κ1) is 18.5. The molecular formula is C21H23N7O2. The van der Waals surface area contributed by atoms with Crippen molar-refractivity contribution in [1.29, 1.82) is 0 Å². The lowest BCUT2D eigenvalue weighted by Gasteiger charge is -2.15. The third kappa shape index (κ3) is 3.36. The minimum Gasteiger partial charge on any atom is -0.446 e. The molecule has 0 aromatic carbocycles. The maximum Gasteiger partial charge on any atom is 0.407 e. The van der Waals surface area contributed by atoms with Crippen molar-refractivity contribution in [3.05, 3.63) is 54.4 Å². The van der Waals surface area contributed by atoms with E-state index in [0.29, 0.717) is 12.5 Å². The molecule has 1 aliphatic rings. The first-order chi connectivity index (χ1) is 14.7. The molecular weight excluding hydrogens is 382 g/mol. The molecule has 4 heterocycles. The maximum atomic E-state index is 12.3. The van der Waals surface area contributed by atoms with E-state index in [1.165, 1.54) is 0 Å². The second-order valence-corrected chi connectivity index (χ2v) is 7.71. The number of aromatic amines is 1. The Labute approximate surface area is 172 Å². The summed E-state index contributed by atoms with van der Waals surface area (Å²) in [6.07, 6.45) is 9.01. The van der Waals surface area contributed by atoms with E-state index in [0.717, 1.165) is 47.5 Å². The molecule has 9 nitrogen and oxygen atoms in total. The van der Waals surface area contributed by atoms with E-state index >= 15 is 0 Å². The molecule has 1 amide bonds. The van der Waals surface area contributed by atoms with Gasteiger partial charge >= 0.3 is 6.09 Å². The molecule has 30 heavy (non-hydrogen) atoms. The van der Waals surface area contributed by atoms with Gasteiger partial charge in [-0.1, -0.05) is 19.4 Å². The Hall–Kier alpha value is -3.49. The number of amides is 1. The minimum absolute atomic E-state index is 0.148. The zero-order valence-electron chi connectivity index (χ0n) is 16.7. The summed E-state index contributed by atoms with van der Waals surface area (Å²) in [4.78, 5) is 23.9. The number of hydrogen-bond acceptors (Lipinski definition) is 6. The number of alkyl carbamates (subject to hydrolysis) is 1. The van der Waals surface area contributed by atoms with Crippen LogP contribution in [0.3, 0.4) is 0 Å². The molecule has 2 N–H and O–H groups in total. The van der Waals surface area contributed by atoms with Crippen LogP contribution in [0.15, 0.2) is 43.0 Å². The quantitative estimate of drug-likeness (QED) is 0.528. The van der Waals surface area contributed by atoms with Gasteiger partial charge in [0.1, 0.15) is 11.9 Å². The lowest BCUT2D eigenvalue weighted by molar-refractivity contribution is 0.0977. The first-order valence-electron chi connectivity index (χ1n) is 10.2. The number of hydrogen-bond donors (Lipinski definition) is 2. The molecule has 3 atom stereocenters. The molecule has 0 bridgehead atoms. The molecule has 0 saturated heterocycles. The van der Waals surface area contributed by atoms with E-state index in [-0.39, 0.29) is 12.0 Å². The number of ether oxygens (including phenoxy) is 1. The summed E-state index contributed by atoms with van der Waals surface area (Å²) in [5.41, 5.74) is 3.42. The van der Waals surface area contributed by atoms with Gasteiger partial charge in [0.25, 0.3) is 0 Å². The van der Waals surface area contributed by atoms with E-state index < -0.39 is 6.09 Å². The largest absolute Gasteiger partial charge is 0.446 e. The number of carbonyl (C=O) groups is 1. The number of H-pyrrole nitrogens is 1. The highest BCUT2D eigenvalue weighted by atomic mass is 16.6. The van der Waals surface area contributed by atoms with Crippen LogP contribution in [0.2, 0.25) is 0 Å². The van der Waals surface area contributed by atoms with Gasteiger partial charge in [0.15, 0.2) is 11.3 Å². The van der Waals surface area contributed by atoms with Crippen LogP contribution in [-0.2, 0) is 11.3 Å². The fraction of sp³-hybridized carbons (Fsp3) is 0.381. The van der Waals surface area contributed by atoms with Gasteiger partial charge in [0.2, 0.25) is 0 Å². The Bertz CT molecular complexity index is 1170. The summed E-state index contributed by atoms with van der Waals surface area (Å²) >= 11 is 0. The molecule has 1 fully saturated rings. The standard InChI is InChI=1S/C21H23N7O2/c1-2-14-8-15(30-21(29)25-11-13-4-3-6-22-10-13)9-16(14)20-27-26-18-12-24-19-17(28(18)20)5-7-23-19/h3-7,10,12,14-16,23H,2,8-9,11H2,1H3,(H,25,29)/t14-,15?,16+/m1/s1. The number of pyridine rings is 1. The van der Waals surface area contributed by atoms with Crippen molar-refractivity contribution in [2.75, 3.05) is 0 Å². The van der Waals surface area contributed by atoms with Crippen molar-refractivity contribution in [3.8, 4) is 0 Å². The van der Waals surface area contributed by atoms with Gasteiger partial charge in [-0.3, -0.25) is 9.38 Å². The van der Waals surface area contributed by atoms with Gasteiger partial charge in [-0.15, -0.1) is 10.2 Å². The van der Waals surface area contributed by atoms with Crippen LogP contribution in [-0.4, -0.2) is 41.7 Å². The summed E-state index contributed by atoms with van der Waals surface area (Å²) in [6, 6.07) is 5.74. The lowest BCUT2D eigenvalue weighted by Crippen LogP contribution is -2.27. The molecule has 1 unspecified atom stereocenters. The molecule has 1 aliphatic carbocycles. The summed E-state index contributed by atoms with van der Waals surface area (Å²) in [5.74, 6) is 1.45. The van der Waals surface area contributed by atoms with Crippen LogP contribution >= 0.6 is 0 Å². The zero-order valence-corrected chi connectivity index (χ0v) is 16.7. The normalized spacial score (nSPS) is 21.3. The molecule has 4 aromatic heterocycles. The Balaban J connectivity index is 1.32. The topological polar surface area (TPSA) is 110 Å².